The van der Waals surface area contributed by atoms with Gasteiger partial charge in [0.2, 0.25) is 0 Å². The molecule has 0 fully saturated rings. The molecule has 0 unspecified atom stereocenters. The maximum absolute atomic E-state index is 4.88. The van der Waals surface area contributed by atoms with Crippen LogP contribution < -0.4 is 0 Å². The first kappa shape index (κ1) is 17.5. The monoisotopic (exact) mass is 375 g/mol. The summed E-state index contributed by atoms with van der Waals surface area (Å²) in [6.07, 6.45) is 8.59. The van der Waals surface area contributed by atoms with E-state index in [0.717, 1.165) is 41.2 Å². The normalized spacial score (nSPS) is 13.5. The molecule has 1 aromatic heterocycles. The molecule has 0 saturated carbocycles. The van der Waals surface area contributed by atoms with E-state index in [1.165, 1.54) is 16.3 Å². The third kappa shape index (κ3) is 3.36. The number of hydrogen-bond donors (Lipinski definition) is 0. The van der Waals surface area contributed by atoms with Crippen LogP contribution >= 0.6 is 0 Å². The first-order chi connectivity index (χ1) is 14.3. The maximum atomic E-state index is 4.88. The zero-order valence-electron chi connectivity index (χ0n) is 16.3. The largest absolute Gasteiger partial charge is 0.208 e. The average molecular weight is 375 g/mol. The Bertz CT molecular complexity index is 1250. The van der Waals surface area contributed by atoms with Crippen LogP contribution in [0.1, 0.15) is 24.2 Å². The summed E-state index contributed by atoms with van der Waals surface area (Å²) >= 11 is 0. The minimum absolute atomic E-state index is 0.707. The second-order valence-electron chi connectivity index (χ2n) is 7.27. The van der Waals surface area contributed by atoms with E-state index in [1.807, 2.05) is 30.3 Å². The second-order valence-corrected chi connectivity index (χ2v) is 7.27. The fraction of sp³-hybridized carbons (Fsp3) is 0.115. The molecule has 3 heteroatoms. The van der Waals surface area contributed by atoms with Crippen LogP contribution in [0.5, 0.6) is 0 Å². The van der Waals surface area contributed by atoms with E-state index in [-0.39, 0.29) is 0 Å². The number of hydrogen-bond acceptors (Lipinski definition) is 3. The van der Waals surface area contributed by atoms with Crippen molar-refractivity contribution >= 4 is 16.3 Å². The molecule has 4 aromatic rings. The molecule has 1 heterocycles. The standard InChI is InChI=1S/C26H21N3/c1-18-22-15-9-8-10-19(22)16-17-23(18)26-28-24(20-11-4-2-5-12-20)27-25(29-26)21-13-6-3-7-14-21/h2,4-6,8-17H,3,7H2,1H3. The van der Waals surface area contributed by atoms with Crippen LogP contribution in [0.3, 0.4) is 0 Å². The van der Waals surface area contributed by atoms with Gasteiger partial charge in [-0.15, -0.1) is 0 Å². The van der Waals surface area contributed by atoms with Crippen molar-refractivity contribution in [2.24, 2.45) is 0 Å². The van der Waals surface area contributed by atoms with Crippen LogP contribution in [-0.2, 0) is 0 Å². The molecule has 0 amide bonds. The fourth-order valence-corrected chi connectivity index (χ4v) is 3.79. The lowest BCUT2D eigenvalue weighted by Crippen LogP contribution is -2.03. The van der Waals surface area contributed by atoms with Gasteiger partial charge in [-0.2, -0.15) is 0 Å². The predicted molar refractivity (Wildman–Crippen MR) is 119 cm³/mol. The summed E-state index contributed by atoms with van der Waals surface area (Å²) in [5.74, 6) is 2.16. The van der Waals surface area contributed by atoms with Crippen molar-refractivity contribution in [2.45, 2.75) is 19.8 Å². The topological polar surface area (TPSA) is 38.7 Å². The fourth-order valence-electron chi connectivity index (χ4n) is 3.79. The Morgan fingerprint density at radius 1 is 0.690 bits per heavy atom. The van der Waals surface area contributed by atoms with Crippen molar-refractivity contribution in [1.82, 2.24) is 15.0 Å². The highest BCUT2D eigenvalue weighted by Gasteiger charge is 2.15. The van der Waals surface area contributed by atoms with Crippen LogP contribution in [0.25, 0.3) is 39.1 Å². The first-order valence-corrected chi connectivity index (χ1v) is 9.97. The summed E-state index contributed by atoms with van der Waals surface area (Å²) in [7, 11) is 0. The smallest absolute Gasteiger partial charge is 0.164 e. The molecule has 5 rings (SSSR count). The van der Waals surface area contributed by atoms with Crippen molar-refractivity contribution in [3.63, 3.8) is 0 Å². The van der Waals surface area contributed by atoms with E-state index in [0.29, 0.717) is 5.82 Å². The first-order valence-electron chi connectivity index (χ1n) is 9.97. The molecular weight excluding hydrogens is 354 g/mol. The third-order valence-corrected chi connectivity index (χ3v) is 5.36. The Hall–Kier alpha value is -3.59. The molecule has 0 N–H and O–H groups in total. The maximum Gasteiger partial charge on any atom is 0.164 e. The van der Waals surface area contributed by atoms with E-state index in [2.05, 4.69) is 61.5 Å². The van der Waals surface area contributed by atoms with Gasteiger partial charge in [-0.25, -0.2) is 15.0 Å². The summed E-state index contributed by atoms with van der Waals surface area (Å²) in [6.45, 7) is 2.14. The van der Waals surface area contributed by atoms with Gasteiger partial charge in [0.05, 0.1) is 0 Å². The highest BCUT2D eigenvalue weighted by atomic mass is 15.0. The Morgan fingerprint density at radius 2 is 1.45 bits per heavy atom. The zero-order chi connectivity index (χ0) is 19.6. The van der Waals surface area contributed by atoms with Gasteiger partial charge >= 0.3 is 0 Å². The third-order valence-electron chi connectivity index (χ3n) is 5.36. The summed E-state index contributed by atoms with van der Waals surface area (Å²) in [5, 5.41) is 2.45. The number of benzene rings is 3. The van der Waals surface area contributed by atoms with Crippen molar-refractivity contribution in [2.75, 3.05) is 0 Å². The minimum Gasteiger partial charge on any atom is -0.208 e. The van der Waals surface area contributed by atoms with Gasteiger partial charge in [-0.1, -0.05) is 85.0 Å². The Morgan fingerprint density at radius 3 is 2.28 bits per heavy atom. The highest BCUT2D eigenvalue weighted by molar-refractivity contribution is 5.90. The number of aryl methyl sites for hydroxylation is 1. The van der Waals surface area contributed by atoms with Gasteiger partial charge in [0.1, 0.15) is 0 Å². The molecule has 0 bridgehead atoms. The highest BCUT2D eigenvalue weighted by Crippen LogP contribution is 2.30. The number of rotatable bonds is 3. The van der Waals surface area contributed by atoms with Gasteiger partial charge in [0.15, 0.2) is 17.5 Å². The van der Waals surface area contributed by atoms with Gasteiger partial charge < -0.3 is 0 Å². The van der Waals surface area contributed by atoms with Crippen LogP contribution in [0.2, 0.25) is 0 Å². The van der Waals surface area contributed by atoms with Gasteiger partial charge in [-0.3, -0.25) is 0 Å². The number of nitrogens with zero attached hydrogens (tertiary/aromatic N) is 3. The molecule has 0 atom stereocenters. The van der Waals surface area contributed by atoms with E-state index in [1.54, 1.807) is 0 Å². The van der Waals surface area contributed by atoms with Crippen molar-refractivity contribution in [1.29, 1.82) is 0 Å². The van der Waals surface area contributed by atoms with Crippen molar-refractivity contribution in [3.05, 3.63) is 96.3 Å². The van der Waals surface area contributed by atoms with E-state index in [4.69, 9.17) is 15.0 Å². The van der Waals surface area contributed by atoms with Crippen LogP contribution in [0, 0.1) is 6.92 Å². The minimum atomic E-state index is 0.707. The Kier molecular flexibility index (Phi) is 4.49. The molecule has 3 aromatic carbocycles. The summed E-state index contributed by atoms with van der Waals surface area (Å²) < 4.78 is 0. The molecule has 0 saturated heterocycles. The van der Waals surface area contributed by atoms with Crippen molar-refractivity contribution in [3.8, 4) is 22.8 Å². The molecule has 0 spiro atoms. The van der Waals surface area contributed by atoms with Gasteiger partial charge in [-0.05, 0) is 36.1 Å². The Labute approximate surface area is 170 Å². The van der Waals surface area contributed by atoms with E-state index in [9.17, 15) is 0 Å². The molecule has 0 aliphatic heterocycles. The lowest BCUT2D eigenvalue weighted by Gasteiger charge is -2.13. The predicted octanol–water partition coefficient (Wildman–Crippen LogP) is 6.40. The summed E-state index contributed by atoms with van der Waals surface area (Å²) in [6, 6.07) is 22.8. The van der Waals surface area contributed by atoms with Crippen LogP contribution in [0.15, 0.2) is 85.0 Å². The van der Waals surface area contributed by atoms with Gasteiger partial charge in [0.25, 0.3) is 0 Å². The lowest BCUT2D eigenvalue weighted by molar-refractivity contribution is 1.00. The number of aromatic nitrogens is 3. The van der Waals surface area contributed by atoms with E-state index < -0.39 is 0 Å². The molecule has 140 valence electrons. The summed E-state index contributed by atoms with van der Waals surface area (Å²) in [5.41, 5.74) is 4.30. The summed E-state index contributed by atoms with van der Waals surface area (Å²) in [4.78, 5) is 14.5. The quantitative estimate of drug-likeness (QED) is 0.416. The molecule has 1 aliphatic carbocycles. The molecule has 3 nitrogen and oxygen atoms in total. The number of allylic oxidation sites excluding steroid dienone is 4. The average Bonchev–Trinajstić information content (AvgIpc) is 2.80. The molecule has 0 radical (unpaired) electrons. The van der Waals surface area contributed by atoms with Crippen LogP contribution in [0.4, 0.5) is 0 Å². The molecule has 1 aliphatic rings. The lowest BCUT2D eigenvalue weighted by atomic mass is 9.99. The molecular formula is C26H21N3. The van der Waals surface area contributed by atoms with Crippen LogP contribution in [-0.4, -0.2) is 15.0 Å². The zero-order valence-corrected chi connectivity index (χ0v) is 16.3. The second kappa shape index (κ2) is 7.44. The molecule has 29 heavy (non-hydrogen) atoms. The van der Waals surface area contributed by atoms with Crippen molar-refractivity contribution < 1.29 is 0 Å². The number of fused-ring (bicyclic) bond motifs is 1. The van der Waals surface area contributed by atoms with E-state index >= 15 is 0 Å². The SMILES string of the molecule is Cc1c(-c2nc(C3=CCCC=C3)nc(-c3ccccc3)n2)ccc2ccccc12. The van der Waals surface area contributed by atoms with Gasteiger partial charge in [0, 0.05) is 16.7 Å². The Balaban J connectivity index is 1.73.